The van der Waals surface area contributed by atoms with Gasteiger partial charge in [0.2, 0.25) is 12.7 Å². The number of benzene rings is 1. The molecule has 31 heavy (non-hydrogen) atoms. The molecule has 1 N–H and O–H groups in total. The van der Waals surface area contributed by atoms with Gasteiger partial charge in [0.25, 0.3) is 10.2 Å². The number of nitrogens with zero attached hydrogens (tertiary/aromatic N) is 3. The van der Waals surface area contributed by atoms with Crippen molar-refractivity contribution < 1.29 is 22.7 Å². The molecule has 1 saturated carbocycles. The summed E-state index contributed by atoms with van der Waals surface area (Å²) in [5, 5.41) is 2.92. The van der Waals surface area contributed by atoms with Crippen molar-refractivity contribution in [2.75, 3.05) is 45.3 Å². The molecule has 4 rings (SSSR count). The molecular weight excluding hydrogens is 420 g/mol. The Labute approximate surface area is 184 Å². The van der Waals surface area contributed by atoms with E-state index < -0.39 is 10.2 Å². The Hall–Kier alpha value is -1.88. The molecule has 2 aliphatic heterocycles. The topological polar surface area (TPSA) is 91.4 Å². The number of fused-ring (bicyclic) bond motifs is 1. The van der Waals surface area contributed by atoms with Crippen LogP contribution in [-0.4, -0.2) is 79.9 Å². The number of ether oxygens (including phenoxy) is 2. The third kappa shape index (κ3) is 4.82. The van der Waals surface area contributed by atoms with Crippen LogP contribution in [0.4, 0.5) is 5.69 Å². The Morgan fingerprint density at radius 3 is 2.48 bits per heavy atom. The van der Waals surface area contributed by atoms with Gasteiger partial charge in [-0.3, -0.25) is 9.69 Å². The van der Waals surface area contributed by atoms with Crippen LogP contribution in [0.1, 0.15) is 39.0 Å². The van der Waals surface area contributed by atoms with Gasteiger partial charge in [0.1, 0.15) is 0 Å². The van der Waals surface area contributed by atoms with Crippen molar-refractivity contribution in [3.63, 3.8) is 0 Å². The van der Waals surface area contributed by atoms with Gasteiger partial charge in [-0.05, 0) is 31.9 Å². The zero-order valence-corrected chi connectivity index (χ0v) is 19.1. The molecule has 9 nitrogen and oxygen atoms in total. The molecular formula is C21H32N4O5S. The maximum Gasteiger partial charge on any atom is 0.282 e. The van der Waals surface area contributed by atoms with Crippen LogP contribution in [0, 0.1) is 0 Å². The molecule has 0 spiro atoms. The fourth-order valence-electron chi connectivity index (χ4n) is 4.52. The van der Waals surface area contributed by atoms with E-state index in [-0.39, 0.29) is 24.8 Å². The first-order valence-corrected chi connectivity index (χ1v) is 12.4. The van der Waals surface area contributed by atoms with Gasteiger partial charge in [0.05, 0.1) is 6.04 Å². The van der Waals surface area contributed by atoms with Crippen molar-refractivity contribution in [1.29, 1.82) is 0 Å². The van der Waals surface area contributed by atoms with Crippen LogP contribution in [0.3, 0.4) is 0 Å². The smallest absolute Gasteiger partial charge is 0.282 e. The number of carbonyl (C=O) groups is 1. The molecule has 1 aliphatic carbocycles. The normalized spacial score (nSPS) is 21.9. The average molecular weight is 453 g/mol. The first-order valence-electron chi connectivity index (χ1n) is 11.0. The lowest BCUT2D eigenvalue weighted by atomic mass is 9.96. The summed E-state index contributed by atoms with van der Waals surface area (Å²) in [6, 6.07) is 5.03. The van der Waals surface area contributed by atoms with Crippen LogP contribution < -0.4 is 14.8 Å². The Kier molecular flexibility index (Phi) is 6.71. The molecule has 0 aromatic heterocycles. The monoisotopic (exact) mass is 452 g/mol. The van der Waals surface area contributed by atoms with Crippen molar-refractivity contribution in [3.8, 4) is 11.5 Å². The average Bonchev–Trinajstić information content (AvgIpc) is 3.26. The van der Waals surface area contributed by atoms with Crippen LogP contribution in [0.5, 0.6) is 11.5 Å². The largest absolute Gasteiger partial charge is 0.454 e. The van der Waals surface area contributed by atoms with Crippen LogP contribution in [0.2, 0.25) is 0 Å². The van der Waals surface area contributed by atoms with E-state index in [9.17, 15) is 13.2 Å². The highest BCUT2D eigenvalue weighted by Crippen LogP contribution is 2.34. The third-order valence-electron chi connectivity index (χ3n) is 6.62. The summed E-state index contributed by atoms with van der Waals surface area (Å²) in [5.41, 5.74) is 0.649. The first kappa shape index (κ1) is 22.3. The second-order valence-corrected chi connectivity index (χ2v) is 10.5. The first-order chi connectivity index (χ1) is 14.9. The fourth-order valence-corrected chi connectivity index (χ4v) is 6.10. The zero-order valence-electron chi connectivity index (χ0n) is 18.2. The number of nitrogens with one attached hydrogen (secondary N) is 1. The molecule has 172 valence electrons. The van der Waals surface area contributed by atoms with Gasteiger partial charge in [0, 0.05) is 51.0 Å². The van der Waals surface area contributed by atoms with Crippen molar-refractivity contribution in [3.05, 3.63) is 18.2 Å². The zero-order chi connectivity index (χ0) is 22.0. The van der Waals surface area contributed by atoms with Crippen LogP contribution >= 0.6 is 0 Å². The van der Waals surface area contributed by atoms with Gasteiger partial charge in [-0.25, -0.2) is 0 Å². The minimum Gasteiger partial charge on any atom is -0.454 e. The van der Waals surface area contributed by atoms with E-state index in [0.717, 1.165) is 25.7 Å². The van der Waals surface area contributed by atoms with Crippen molar-refractivity contribution >= 4 is 21.8 Å². The lowest BCUT2D eigenvalue weighted by Gasteiger charge is -2.40. The minimum absolute atomic E-state index is 0.100. The van der Waals surface area contributed by atoms with Gasteiger partial charge in [-0.15, -0.1) is 0 Å². The van der Waals surface area contributed by atoms with Crippen molar-refractivity contribution in [1.82, 2.24) is 13.5 Å². The fraction of sp³-hybridized carbons (Fsp3) is 0.667. The van der Waals surface area contributed by atoms with E-state index in [2.05, 4.69) is 5.32 Å². The van der Waals surface area contributed by atoms with E-state index in [1.165, 1.54) is 6.42 Å². The second kappa shape index (κ2) is 9.32. The Morgan fingerprint density at radius 1 is 1.10 bits per heavy atom. The van der Waals surface area contributed by atoms with Crippen LogP contribution in [0.15, 0.2) is 18.2 Å². The van der Waals surface area contributed by atoms with Gasteiger partial charge >= 0.3 is 0 Å². The molecule has 1 saturated heterocycles. The summed E-state index contributed by atoms with van der Waals surface area (Å²) < 4.78 is 39.9. The molecule has 2 fully saturated rings. The summed E-state index contributed by atoms with van der Waals surface area (Å²) in [4.78, 5) is 14.8. The molecule has 1 unspecified atom stereocenters. The number of rotatable bonds is 6. The number of hydrogen-bond donors (Lipinski definition) is 1. The van der Waals surface area contributed by atoms with Gasteiger partial charge in [-0.2, -0.15) is 17.0 Å². The highest BCUT2D eigenvalue weighted by atomic mass is 32.2. The second-order valence-electron chi connectivity index (χ2n) is 8.48. The van der Waals surface area contributed by atoms with Crippen molar-refractivity contribution in [2.45, 2.75) is 51.1 Å². The summed E-state index contributed by atoms with van der Waals surface area (Å²) in [6.45, 7) is 3.86. The Morgan fingerprint density at radius 2 is 1.77 bits per heavy atom. The SMILES string of the molecule is CC(C(=O)Nc1ccc2c(c1)OCO2)N1CCN(S(=O)(=O)N(C)C2CCCCC2)CC1. The van der Waals surface area contributed by atoms with E-state index in [1.807, 2.05) is 11.8 Å². The van der Waals surface area contributed by atoms with E-state index in [4.69, 9.17) is 9.47 Å². The molecule has 1 amide bonds. The number of amides is 1. The standard InChI is InChI=1S/C21H32N4O5S/c1-16(21(26)22-17-8-9-19-20(14-17)30-15-29-19)24-10-12-25(13-11-24)31(27,28)23(2)18-6-4-3-5-7-18/h8-9,14,16,18H,3-7,10-13,15H2,1-2H3,(H,22,26). The molecule has 10 heteroatoms. The predicted octanol–water partition coefficient (Wildman–Crippen LogP) is 1.87. The molecule has 0 radical (unpaired) electrons. The summed E-state index contributed by atoms with van der Waals surface area (Å²) in [5.74, 6) is 1.16. The van der Waals surface area contributed by atoms with Gasteiger partial charge in [-0.1, -0.05) is 19.3 Å². The highest BCUT2D eigenvalue weighted by Gasteiger charge is 2.36. The minimum atomic E-state index is -3.47. The maximum absolute atomic E-state index is 13.1. The maximum atomic E-state index is 13.1. The molecule has 1 atom stereocenters. The molecule has 3 aliphatic rings. The Balaban J connectivity index is 1.30. The number of hydrogen-bond acceptors (Lipinski definition) is 6. The lowest BCUT2D eigenvalue weighted by Crippen LogP contribution is -2.57. The van der Waals surface area contributed by atoms with Gasteiger partial charge in [0.15, 0.2) is 11.5 Å². The highest BCUT2D eigenvalue weighted by molar-refractivity contribution is 7.86. The van der Waals surface area contributed by atoms with E-state index in [1.54, 1.807) is 33.9 Å². The summed E-state index contributed by atoms with van der Waals surface area (Å²) in [7, 11) is -1.76. The molecule has 1 aromatic rings. The number of carbonyl (C=O) groups excluding carboxylic acids is 1. The van der Waals surface area contributed by atoms with E-state index >= 15 is 0 Å². The summed E-state index contributed by atoms with van der Waals surface area (Å²) >= 11 is 0. The Bertz CT molecular complexity index is 895. The molecule has 1 aromatic carbocycles. The van der Waals surface area contributed by atoms with Crippen LogP contribution in [-0.2, 0) is 15.0 Å². The predicted molar refractivity (Wildman–Crippen MR) is 117 cm³/mol. The quantitative estimate of drug-likeness (QED) is 0.709. The number of anilines is 1. The molecule has 0 bridgehead atoms. The van der Waals surface area contributed by atoms with Crippen LogP contribution in [0.25, 0.3) is 0 Å². The van der Waals surface area contributed by atoms with E-state index in [0.29, 0.717) is 43.4 Å². The molecule has 2 heterocycles. The van der Waals surface area contributed by atoms with Crippen molar-refractivity contribution in [2.24, 2.45) is 0 Å². The van der Waals surface area contributed by atoms with Gasteiger partial charge < -0.3 is 14.8 Å². The lowest BCUT2D eigenvalue weighted by molar-refractivity contribution is -0.121. The third-order valence-corrected chi connectivity index (χ3v) is 8.66. The summed E-state index contributed by atoms with van der Waals surface area (Å²) in [6.07, 6.45) is 5.25. The number of piperazine rings is 1.